The molecule has 0 saturated carbocycles. The second-order valence-corrected chi connectivity index (χ2v) is 4.76. The van der Waals surface area contributed by atoms with Gasteiger partial charge in [-0.3, -0.25) is 15.2 Å². The topological polar surface area (TPSA) is 84.7 Å². The first-order valence-corrected chi connectivity index (χ1v) is 6.44. The Labute approximate surface area is 124 Å². The zero-order chi connectivity index (χ0) is 14.8. The van der Waals surface area contributed by atoms with E-state index >= 15 is 0 Å². The highest BCUT2D eigenvalue weighted by Crippen LogP contribution is 2.24. The summed E-state index contributed by atoms with van der Waals surface area (Å²) in [5, 5.41) is 18.3. The van der Waals surface area contributed by atoms with Gasteiger partial charge < -0.3 is 0 Å². The average Bonchev–Trinajstić information content (AvgIpc) is 2.97. The number of nitrogens with zero attached hydrogens (tertiary/aromatic N) is 3. The Bertz CT molecular complexity index is 816. The van der Waals surface area contributed by atoms with Crippen LogP contribution in [-0.2, 0) is 0 Å². The number of rotatable bonds is 3. The van der Waals surface area contributed by atoms with E-state index in [1.165, 1.54) is 12.1 Å². The van der Waals surface area contributed by atoms with E-state index < -0.39 is 4.92 Å². The van der Waals surface area contributed by atoms with E-state index in [0.29, 0.717) is 22.2 Å². The fourth-order valence-corrected chi connectivity index (χ4v) is 2.10. The van der Waals surface area contributed by atoms with E-state index in [2.05, 4.69) is 15.2 Å². The summed E-state index contributed by atoms with van der Waals surface area (Å²) >= 11 is 5.94. The van der Waals surface area contributed by atoms with Crippen LogP contribution in [0.1, 0.15) is 0 Å². The molecule has 0 aliphatic rings. The summed E-state index contributed by atoms with van der Waals surface area (Å²) < 4.78 is 0. The standard InChI is InChI=1S/C14H9ClN4O2/c15-11-5-1-3-9(7-11)13-16-14(18-17-13)10-4-2-6-12(8-10)19(20)21/h1-8H,(H,16,17,18). The van der Waals surface area contributed by atoms with E-state index in [-0.39, 0.29) is 5.69 Å². The van der Waals surface area contributed by atoms with Crippen LogP contribution in [0.25, 0.3) is 22.8 Å². The number of aromatic nitrogens is 3. The molecule has 0 amide bonds. The maximum atomic E-state index is 10.8. The zero-order valence-electron chi connectivity index (χ0n) is 10.7. The second kappa shape index (κ2) is 5.34. The summed E-state index contributed by atoms with van der Waals surface area (Å²) in [4.78, 5) is 14.7. The number of hydrogen-bond donors (Lipinski definition) is 1. The largest absolute Gasteiger partial charge is 0.270 e. The minimum atomic E-state index is -0.450. The highest BCUT2D eigenvalue weighted by atomic mass is 35.5. The van der Waals surface area contributed by atoms with Gasteiger partial charge in [0.25, 0.3) is 5.69 Å². The van der Waals surface area contributed by atoms with Crippen LogP contribution < -0.4 is 0 Å². The summed E-state index contributed by atoms with van der Waals surface area (Å²) in [6.45, 7) is 0. The van der Waals surface area contributed by atoms with Crippen LogP contribution in [0.4, 0.5) is 5.69 Å². The molecule has 0 aliphatic carbocycles. The normalized spacial score (nSPS) is 10.5. The van der Waals surface area contributed by atoms with Crippen LogP contribution in [0.2, 0.25) is 5.02 Å². The van der Waals surface area contributed by atoms with Crippen molar-refractivity contribution in [1.82, 2.24) is 15.2 Å². The van der Waals surface area contributed by atoms with Crippen molar-refractivity contribution in [3.05, 3.63) is 63.7 Å². The number of benzene rings is 2. The smallest absolute Gasteiger partial charge is 0.259 e. The van der Waals surface area contributed by atoms with Crippen LogP contribution in [0, 0.1) is 10.1 Å². The third kappa shape index (κ3) is 2.75. The van der Waals surface area contributed by atoms with Gasteiger partial charge >= 0.3 is 0 Å². The Morgan fingerprint density at radius 2 is 1.86 bits per heavy atom. The molecule has 0 spiro atoms. The van der Waals surface area contributed by atoms with Crippen LogP contribution in [0.15, 0.2) is 48.5 Å². The first-order chi connectivity index (χ1) is 10.1. The molecule has 0 bridgehead atoms. The number of nitro groups is 1. The lowest BCUT2D eigenvalue weighted by atomic mass is 10.2. The van der Waals surface area contributed by atoms with Crippen LogP contribution in [0.3, 0.4) is 0 Å². The third-order valence-corrected chi connectivity index (χ3v) is 3.13. The average molecular weight is 301 g/mol. The van der Waals surface area contributed by atoms with Crippen LogP contribution in [-0.4, -0.2) is 20.1 Å². The molecule has 6 nitrogen and oxygen atoms in total. The minimum absolute atomic E-state index is 0.00149. The summed E-state index contributed by atoms with van der Waals surface area (Å²) in [6.07, 6.45) is 0. The fraction of sp³-hybridized carbons (Fsp3) is 0. The van der Waals surface area contributed by atoms with Gasteiger partial charge in [-0.2, -0.15) is 5.10 Å². The number of aromatic amines is 1. The highest BCUT2D eigenvalue weighted by molar-refractivity contribution is 6.30. The van der Waals surface area contributed by atoms with Crippen LogP contribution in [0.5, 0.6) is 0 Å². The summed E-state index contributed by atoms with van der Waals surface area (Å²) in [5.41, 5.74) is 1.38. The molecule has 0 aliphatic heterocycles. The van der Waals surface area contributed by atoms with E-state index in [9.17, 15) is 10.1 Å². The van der Waals surface area contributed by atoms with E-state index in [1.54, 1.807) is 24.3 Å². The molecule has 0 unspecified atom stereocenters. The molecule has 0 atom stereocenters. The van der Waals surface area contributed by atoms with Crippen molar-refractivity contribution >= 4 is 17.3 Å². The molecular formula is C14H9ClN4O2. The Balaban J connectivity index is 1.98. The van der Waals surface area contributed by atoms with Gasteiger partial charge in [0.2, 0.25) is 0 Å². The van der Waals surface area contributed by atoms with E-state index in [1.807, 2.05) is 12.1 Å². The van der Waals surface area contributed by atoms with Gasteiger partial charge in [-0.15, -0.1) is 0 Å². The Morgan fingerprint density at radius 3 is 2.62 bits per heavy atom. The number of nitro benzene ring substituents is 1. The van der Waals surface area contributed by atoms with Crippen molar-refractivity contribution in [2.45, 2.75) is 0 Å². The third-order valence-electron chi connectivity index (χ3n) is 2.90. The van der Waals surface area contributed by atoms with Crippen molar-refractivity contribution in [3.63, 3.8) is 0 Å². The molecule has 2 aromatic carbocycles. The van der Waals surface area contributed by atoms with Gasteiger partial charge in [0.1, 0.15) is 0 Å². The van der Waals surface area contributed by atoms with Gasteiger partial charge in [-0.1, -0.05) is 35.9 Å². The highest BCUT2D eigenvalue weighted by Gasteiger charge is 2.11. The summed E-state index contributed by atoms with van der Waals surface area (Å²) in [7, 11) is 0. The van der Waals surface area contributed by atoms with Gasteiger partial charge in [-0.05, 0) is 12.1 Å². The Kier molecular flexibility index (Phi) is 3.37. The maximum Gasteiger partial charge on any atom is 0.270 e. The number of hydrogen-bond acceptors (Lipinski definition) is 4. The first kappa shape index (κ1) is 13.3. The molecule has 3 aromatic rings. The molecule has 3 rings (SSSR count). The molecule has 104 valence electrons. The second-order valence-electron chi connectivity index (χ2n) is 4.33. The molecule has 7 heteroatoms. The van der Waals surface area contributed by atoms with E-state index in [0.717, 1.165) is 5.56 Å². The molecule has 1 heterocycles. The SMILES string of the molecule is O=[N+]([O-])c1cccc(-c2n[nH]c(-c3cccc(Cl)c3)n2)c1. The number of non-ortho nitro benzene ring substituents is 1. The van der Waals surface area contributed by atoms with E-state index in [4.69, 9.17) is 11.6 Å². The van der Waals surface area contributed by atoms with Crippen molar-refractivity contribution in [2.24, 2.45) is 0 Å². The first-order valence-electron chi connectivity index (χ1n) is 6.06. The quantitative estimate of drug-likeness (QED) is 0.590. The summed E-state index contributed by atoms with van der Waals surface area (Å²) in [5.74, 6) is 0.952. The molecule has 1 aromatic heterocycles. The molecule has 0 fully saturated rings. The molecular weight excluding hydrogens is 292 g/mol. The van der Waals surface area contributed by atoms with Crippen molar-refractivity contribution < 1.29 is 4.92 Å². The fourth-order valence-electron chi connectivity index (χ4n) is 1.91. The van der Waals surface area contributed by atoms with Gasteiger partial charge in [0.15, 0.2) is 11.6 Å². The van der Waals surface area contributed by atoms with Gasteiger partial charge in [0, 0.05) is 28.3 Å². The van der Waals surface area contributed by atoms with Gasteiger partial charge in [-0.25, -0.2) is 4.98 Å². The lowest BCUT2D eigenvalue weighted by Gasteiger charge is -1.96. The molecule has 21 heavy (non-hydrogen) atoms. The number of halogens is 1. The predicted octanol–water partition coefficient (Wildman–Crippen LogP) is 3.70. The zero-order valence-corrected chi connectivity index (χ0v) is 11.4. The lowest BCUT2D eigenvalue weighted by Crippen LogP contribution is -1.88. The Morgan fingerprint density at radius 1 is 1.10 bits per heavy atom. The minimum Gasteiger partial charge on any atom is -0.259 e. The maximum absolute atomic E-state index is 10.8. The number of nitrogens with one attached hydrogen (secondary N) is 1. The van der Waals surface area contributed by atoms with Crippen molar-refractivity contribution in [3.8, 4) is 22.8 Å². The lowest BCUT2D eigenvalue weighted by molar-refractivity contribution is -0.384. The molecule has 0 saturated heterocycles. The Hall–Kier alpha value is -2.73. The van der Waals surface area contributed by atoms with Crippen molar-refractivity contribution in [1.29, 1.82) is 0 Å². The van der Waals surface area contributed by atoms with Crippen molar-refractivity contribution in [2.75, 3.05) is 0 Å². The molecule has 0 radical (unpaired) electrons. The summed E-state index contributed by atoms with van der Waals surface area (Å²) in [6, 6.07) is 13.4. The number of H-pyrrole nitrogens is 1. The predicted molar refractivity (Wildman–Crippen MR) is 78.9 cm³/mol. The monoisotopic (exact) mass is 300 g/mol. The molecule has 1 N–H and O–H groups in total. The van der Waals surface area contributed by atoms with Gasteiger partial charge in [0.05, 0.1) is 4.92 Å². The van der Waals surface area contributed by atoms with Crippen LogP contribution >= 0.6 is 11.6 Å².